The van der Waals surface area contributed by atoms with Crippen LogP contribution >= 0.6 is 0 Å². The van der Waals surface area contributed by atoms with E-state index in [4.69, 9.17) is 14.2 Å². The van der Waals surface area contributed by atoms with E-state index >= 15 is 0 Å². The topological polar surface area (TPSA) is 47.9 Å². The summed E-state index contributed by atoms with van der Waals surface area (Å²) in [5, 5.41) is 14.7. The molecular formula is C36H42O4. The molecule has 0 aliphatic carbocycles. The molecule has 1 aliphatic rings. The number of aliphatic hydroxyl groups is 1. The molecule has 1 aliphatic heterocycles. The Kier molecular flexibility index (Phi) is 10.1. The second kappa shape index (κ2) is 14.3. The van der Waals surface area contributed by atoms with Crippen LogP contribution in [0.5, 0.6) is 11.5 Å². The quantitative estimate of drug-likeness (QED) is 0.122. The summed E-state index contributed by atoms with van der Waals surface area (Å²) in [6, 6.07) is 28.7. The van der Waals surface area contributed by atoms with Gasteiger partial charge in [0.2, 0.25) is 0 Å². The molecule has 4 heteroatoms. The summed E-state index contributed by atoms with van der Waals surface area (Å²) in [7, 11) is 0. The minimum atomic E-state index is -0.464. The first-order valence-corrected chi connectivity index (χ1v) is 14.9. The van der Waals surface area contributed by atoms with Crippen molar-refractivity contribution in [3.05, 3.63) is 97.6 Å². The average molecular weight is 539 g/mol. The molecular weight excluding hydrogens is 496 g/mol. The third kappa shape index (κ3) is 6.86. The van der Waals surface area contributed by atoms with Crippen LogP contribution in [0.25, 0.3) is 21.5 Å². The molecule has 40 heavy (non-hydrogen) atoms. The molecule has 0 radical (unpaired) electrons. The number of hydrogen-bond acceptors (Lipinski definition) is 4. The average Bonchev–Trinajstić information content (AvgIpc) is 3.32. The van der Waals surface area contributed by atoms with E-state index in [2.05, 4.69) is 43.0 Å². The summed E-state index contributed by atoms with van der Waals surface area (Å²) in [6.45, 7) is 3.69. The largest absolute Gasteiger partial charge is 0.483 e. The van der Waals surface area contributed by atoms with Gasteiger partial charge < -0.3 is 19.3 Å². The SMILES string of the molecule is C=CCCCCCCCCC[C@H]1O[C@H](CO)[C@@H](Oc2cccc3ccccc23)[C@@H]1Oc1cccc2ccccc12. The lowest BCUT2D eigenvalue weighted by Crippen LogP contribution is -2.43. The van der Waals surface area contributed by atoms with Crippen molar-refractivity contribution in [2.24, 2.45) is 0 Å². The third-order valence-corrected chi connectivity index (χ3v) is 8.01. The predicted octanol–water partition coefficient (Wildman–Crippen LogP) is 8.64. The normalized spacial score (nSPS) is 20.6. The molecule has 1 N–H and O–H groups in total. The van der Waals surface area contributed by atoms with Crippen LogP contribution in [0, 0.1) is 0 Å². The number of ether oxygens (including phenoxy) is 3. The van der Waals surface area contributed by atoms with Gasteiger partial charge in [-0.1, -0.05) is 117 Å². The molecule has 4 atom stereocenters. The molecule has 0 aromatic heterocycles. The minimum Gasteiger partial charge on any atom is -0.483 e. The first-order chi connectivity index (χ1) is 19.8. The molecule has 4 nitrogen and oxygen atoms in total. The standard InChI is InChI=1S/C36H42O4/c1-2-3-4-5-6-7-8-9-10-23-33-35(39-31-24-15-19-27-17-11-13-21-29(27)31)36(34(26-37)38-33)40-32-25-16-20-28-18-12-14-22-30(28)32/h2,11-22,24-25,33-37H,1,3-10,23,26H2/t33-,34-,35-,36-/m1/s1. The molecule has 1 fully saturated rings. The van der Waals surface area contributed by atoms with Gasteiger partial charge in [0.1, 0.15) is 17.6 Å². The van der Waals surface area contributed by atoms with E-state index in [9.17, 15) is 5.11 Å². The first kappa shape index (κ1) is 28.2. The summed E-state index contributed by atoms with van der Waals surface area (Å²) >= 11 is 0. The molecule has 210 valence electrons. The highest BCUT2D eigenvalue weighted by Crippen LogP contribution is 2.36. The lowest BCUT2D eigenvalue weighted by molar-refractivity contribution is -0.0201. The van der Waals surface area contributed by atoms with Crippen molar-refractivity contribution >= 4 is 21.5 Å². The van der Waals surface area contributed by atoms with Gasteiger partial charge in [0, 0.05) is 10.8 Å². The first-order valence-electron chi connectivity index (χ1n) is 14.9. The summed E-state index contributed by atoms with van der Waals surface area (Å²) in [5.74, 6) is 1.61. The number of benzene rings is 4. The Balaban J connectivity index is 1.33. The van der Waals surface area contributed by atoms with Gasteiger partial charge in [0.15, 0.2) is 12.2 Å². The minimum absolute atomic E-state index is 0.119. The molecule has 1 saturated heterocycles. The van der Waals surface area contributed by atoms with Crippen LogP contribution in [0.2, 0.25) is 0 Å². The summed E-state index contributed by atoms with van der Waals surface area (Å²) in [5.41, 5.74) is 0. The number of fused-ring (bicyclic) bond motifs is 2. The summed E-state index contributed by atoms with van der Waals surface area (Å²) in [6.07, 6.45) is 11.1. The van der Waals surface area contributed by atoms with Gasteiger partial charge in [-0.05, 0) is 42.2 Å². The van der Waals surface area contributed by atoms with Crippen LogP contribution in [0.3, 0.4) is 0 Å². The maximum Gasteiger partial charge on any atom is 0.166 e. The Morgan fingerprint density at radius 3 is 1.70 bits per heavy atom. The Bertz CT molecular complexity index is 1350. The van der Waals surface area contributed by atoms with E-state index < -0.39 is 12.2 Å². The lowest BCUT2D eigenvalue weighted by Gasteiger charge is -2.27. The number of allylic oxidation sites excluding steroid dienone is 1. The van der Waals surface area contributed by atoms with Crippen LogP contribution in [-0.4, -0.2) is 36.1 Å². The van der Waals surface area contributed by atoms with E-state index in [-0.39, 0.29) is 18.8 Å². The molecule has 0 unspecified atom stereocenters. The second-order valence-corrected chi connectivity index (χ2v) is 10.9. The zero-order valence-corrected chi connectivity index (χ0v) is 23.4. The fourth-order valence-corrected chi connectivity index (χ4v) is 5.88. The van der Waals surface area contributed by atoms with Crippen molar-refractivity contribution in [1.29, 1.82) is 0 Å². The molecule has 1 heterocycles. The highest BCUT2D eigenvalue weighted by molar-refractivity contribution is 5.89. The van der Waals surface area contributed by atoms with Crippen molar-refractivity contribution in [3.8, 4) is 11.5 Å². The Morgan fingerprint density at radius 1 is 0.625 bits per heavy atom. The number of hydrogen-bond donors (Lipinski definition) is 1. The van der Waals surface area contributed by atoms with Crippen molar-refractivity contribution in [2.45, 2.75) is 82.2 Å². The summed E-state index contributed by atoms with van der Waals surface area (Å²) in [4.78, 5) is 0. The van der Waals surface area contributed by atoms with Crippen LogP contribution < -0.4 is 9.47 Å². The zero-order chi connectivity index (χ0) is 27.6. The smallest absolute Gasteiger partial charge is 0.166 e. The molecule has 5 rings (SSSR count). The molecule has 4 aromatic carbocycles. The van der Waals surface area contributed by atoms with Crippen LogP contribution in [-0.2, 0) is 4.74 Å². The van der Waals surface area contributed by atoms with Crippen molar-refractivity contribution in [2.75, 3.05) is 6.61 Å². The zero-order valence-electron chi connectivity index (χ0n) is 23.4. The lowest BCUT2D eigenvalue weighted by atomic mass is 10.0. The van der Waals surface area contributed by atoms with Crippen molar-refractivity contribution in [1.82, 2.24) is 0 Å². The molecule has 4 aromatic rings. The van der Waals surface area contributed by atoms with Crippen molar-refractivity contribution < 1.29 is 19.3 Å². The predicted molar refractivity (Wildman–Crippen MR) is 164 cm³/mol. The Morgan fingerprint density at radius 2 is 1.12 bits per heavy atom. The van der Waals surface area contributed by atoms with Crippen LogP contribution in [0.4, 0.5) is 0 Å². The van der Waals surface area contributed by atoms with Gasteiger partial charge in [-0.3, -0.25) is 0 Å². The maximum atomic E-state index is 10.4. The summed E-state index contributed by atoms with van der Waals surface area (Å²) < 4.78 is 20.0. The Labute approximate surface area is 238 Å². The van der Waals surface area contributed by atoms with Gasteiger partial charge >= 0.3 is 0 Å². The number of rotatable bonds is 15. The van der Waals surface area contributed by atoms with E-state index in [1.165, 1.54) is 38.5 Å². The monoisotopic (exact) mass is 538 g/mol. The maximum absolute atomic E-state index is 10.4. The van der Waals surface area contributed by atoms with E-state index in [0.29, 0.717) is 0 Å². The van der Waals surface area contributed by atoms with Gasteiger partial charge in [-0.25, -0.2) is 0 Å². The molecule has 0 amide bonds. The van der Waals surface area contributed by atoms with Gasteiger partial charge in [0.05, 0.1) is 12.7 Å². The van der Waals surface area contributed by atoms with E-state index in [1.807, 2.05) is 54.6 Å². The van der Waals surface area contributed by atoms with Crippen LogP contribution in [0.1, 0.15) is 57.8 Å². The molecule has 0 saturated carbocycles. The van der Waals surface area contributed by atoms with E-state index in [0.717, 1.165) is 52.3 Å². The number of aliphatic hydroxyl groups excluding tert-OH is 1. The van der Waals surface area contributed by atoms with Crippen molar-refractivity contribution in [3.63, 3.8) is 0 Å². The fraction of sp³-hybridized carbons (Fsp3) is 0.389. The Hall–Kier alpha value is -3.34. The highest BCUT2D eigenvalue weighted by atomic mass is 16.6. The van der Waals surface area contributed by atoms with Crippen LogP contribution in [0.15, 0.2) is 97.6 Å². The van der Waals surface area contributed by atoms with Gasteiger partial charge in [-0.2, -0.15) is 0 Å². The fourth-order valence-electron chi connectivity index (χ4n) is 5.88. The van der Waals surface area contributed by atoms with Gasteiger partial charge in [-0.15, -0.1) is 6.58 Å². The van der Waals surface area contributed by atoms with Gasteiger partial charge in [0.25, 0.3) is 0 Å². The molecule has 0 bridgehead atoms. The highest BCUT2D eigenvalue weighted by Gasteiger charge is 2.47. The number of unbranched alkanes of at least 4 members (excludes halogenated alkanes) is 7. The molecule has 0 spiro atoms. The third-order valence-electron chi connectivity index (χ3n) is 8.01. The second-order valence-electron chi connectivity index (χ2n) is 10.9. The van der Waals surface area contributed by atoms with E-state index in [1.54, 1.807) is 0 Å².